The van der Waals surface area contributed by atoms with Crippen molar-refractivity contribution in [1.82, 2.24) is 0 Å². The molecule has 1 saturated carbocycles. The van der Waals surface area contributed by atoms with E-state index >= 15 is 0 Å². The third kappa shape index (κ3) is 3.98. The van der Waals surface area contributed by atoms with Crippen molar-refractivity contribution in [3.8, 4) is 0 Å². The lowest BCUT2D eigenvalue weighted by molar-refractivity contribution is -0.00714. The number of hydrogen-bond acceptors (Lipinski definition) is 3. The van der Waals surface area contributed by atoms with Gasteiger partial charge in [0.1, 0.15) is 6.10 Å². The van der Waals surface area contributed by atoms with Gasteiger partial charge in [-0.25, -0.2) is 4.79 Å². The van der Waals surface area contributed by atoms with Crippen LogP contribution in [0.15, 0.2) is 22.7 Å². The Bertz CT molecular complexity index is 493. The van der Waals surface area contributed by atoms with Crippen LogP contribution in [-0.4, -0.2) is 12.1 Å². The molecule has 0 amide bonds. The SMILES string of the molecule is CC1CC(OC(=O)c2cc(N)cc(Br)c2)CC(C)(C)C1. The minimum absolute atomic E-state index is 0.00135. The first-order chi connectivity index (χ1) is 9.25. The first-order valence-corrected chi connectivity index (χ1v) is 7.81. The van der Waals surface area contributed by atoms with Crippen molar-refractivity contribution >= 4 is 27.6 Å². The van der Waals surface area contributed by atoms with Crippen LogP contribution >= 0.6 is 15.9 Å². The van der Waals surface area contributed by atoms with Gasteiger partial charge in [-0.3, -0.25) is 0 Å². The van der Waals surface area contributed by atoms with E-state index in [1.807, 2.05) is 0 Å². The summed E-state index contributed by atoms with van der Waals surface area (Å²) >= 11 is 3.35. The number of nitrogens with two attached hydrogens (primary N) is 1. The predicted molar refractivity (Wildman–Crippen MR) is 84.6 cm³/mol. The lowest BCUT2D eigenvalue weighted by Gasteiger charge is -2.38. The predicted octanol–water partition coefficient (Wildman–Crippen LogP) is 4.40. The highest BCUT2D eigenvalue weighted by molar-refractivity contribution is 9.10. The fourth-order valence-electron chi connectivity index (χ4n) is 3.30. The maximum atomic E-state index is 12.2. The maximum absolute atomic E-state index is 12.2. The maximum Gasteiger partial charge on any atom is 0.338 e. The van der Waals surface area contributed by atoms with Crippen molar-refractivity contribution < 1.29 is 9.53 Å². The highest BCUT2D eigenvalue weighted by Gasteiger charge is 2.34. The minimum atomic E-state index is -0.284. The summed E-state index contributed by atoms with van der Waals surface area (Å²) in [6.45, 7) is 6.69. The molecule has 0 spiro atoms. The van der Waals surface area contributed by atoms with Gasteiger partial charge in [-0.05, 0) is 48.8 Å². The van der Waals surface area contributed by atoms with Crippen molar-refractivity contribution in [2.24, 2.45) is 11.3 Å². The second-order valence-electron chi connectivity index (χ2n) is 6.71. The summed E-state index contributed by atoms with van der Waals surface area (Å²) in [7, 11) is 0. The summed E-state index contributed by atoms with van der Waals surface area (Å²) in [6, 6.07) is 5.17. The van der Waals surface area contributed by atoms with E-state index in [0.717, 1.165) is 17.3 Å². The van der Waals surface area contributed by atoms with E-state index in [-0.39, 0.29) is 17.5 Å². The molecule has 1 aromatic rings. The second kappa shape index (κ2) is 5.76. The Balaban J connectivity index is 2.07. The molecule has 4 heteroatoms. The summed E-state index contributed by atoms with van der Waals surface area (Å²) in [4.78, 5) is 12.2. The van der Waals surface area contributed by atoms with Gasteiger partial charge in [-0.15, -0.1) is 0 Å². The second-order valence-corrected chi connectivity index (χ2v) is 7.63. The fourth-order valence-corrected chi connectivity index (χ4v) is 3.81. The van der Waals surface area contributed by atoms with Crippen molar-refractivity contribution in [1.29, 1.82) is 0 Å². The van der Waals surface area contributed by atoms with Crippen molar-refractivity contribution in [3.05, 3.63) is 28.2 Å². The average molecular weight is 340 g/mol. The van der Waals surface area contributed by atoms with Crippen LogP contribution in [0, 0.1) is 11.3 Å². The summed E-state index contributed by atoms with van der Waals surface area (Å²) in [5, 5.41) is 0. The van der Waals surface area contributed by atoms with Crippen LogP contribution in [0.2, 0.25) is 0 Å². The Morgan fingerprint density at radius 1 is 1.35 bits per heavy atom. The van der Waals surface area contributed by atoms with Gasteiger partial charge < -0.3 is 10.5 Å². The van der Waals surface area contributed by atoms with E-state index in [1.54, 1.807) is 18.2 Å². The third-order valence-corrected chi connectivity index (χ3v) is 4.23. The van der Waals surface area contributed by atoms with Crippen LogP contribution in [0.25, 0.3) is 0 Å². The largest absolute Gasteiger partial charge is 0.459 e. The minimum Gasteiger partial charge on any atom is -0.459 e. The zero-order chi connectivity index (χ0) is 14.9. The van der Waals surface area contributed by atoms with Crippen molar-refractivity contribution in [2.45, 2.75) is 46.1 Å². The molecular formula is C16H22BrNO2. The summed E-state index contributed by atoms with van der Waals surface area (Å²) in [6.07, 6.45) is 3.05. The molecule has 2 rings (SSSR count). The number of carbonyl (C=O) groups is 1. The molecular weight excluding hydrogens is 318 g/mol. The third-order valence-electron chi connectivity index (χ3n) is 3.78. The Kier molecular flexibility index (Phi) is 4.43. The molecule has 0 radical (unpaired) electrons. The number of anilines is 1. The highest BCUT2D eigenvalue weighted by atomic mass is 79.9. The molecule has 1 aliphatic rings. The van der Waals surface area contributed by atoms with Gasteiger partial charge in [0.25, 0.3) is 0 Å². The molecule has 0 bridgehead atoms. The van der Waals surface area contributed by atoms with Gasteiger partial charge in [-0.1, -0.05) is 36.7 Å². The van der Waals surface area contributed by atoms with E-state index in [9.17, 15) is 4.79 Å². The first kappa shape index (κ1) is 15.4. The van der Waals surface area contributed by atoms with Gasteiger partial charge in [0.05, 0.1) is 5.56 Å². The molecule has 2 atom stereocenters. The summed E-state index contributed by atoms with van der Waals surface area (Å²) in [5.74, 6) is 0.303. The van der Waals surface area contributed by atoms with Crippen LogP contribution in [0.3, 0.4) is 0 Å². The number of benzene rings is 1. The smallest absolute Gasteiger partial charge is 0.338 e. The van der Waals surface area contributed by atoms with Gasteiger partial charge in [0, 0.05) is 10.2 Å². The van der Waals surface area contributed by atoms with Crippen LogP contribution in [0.1, 0.15) is 50.4 Å². The zero-order valence-corrected chi connectivity index (χ0v) is 13.9. The first-order valence-electron chi connectivity index (χ1n) is 7.02. The molecule has 0 saturated heterocycles. The van der Waals surface area contributed by atoms with E-state index < -0.39 is 0 Å². The van der Waals surface area contributed by atoms with Crippen molar-refractivity contribution in [3.63, 3.8) is 0 Å². The standard InChI is InChI=1S/C16H22BrNO2/c1-10-4-14(9-16(2,3)8-10)20-15(19)11-5-12(17)7-13(18)6-11/h5-7,10,14H,4,8-9,18H2,1-3H3. The quantitative estimate of drug-likeness (QED) is 0.641. The van der Waals surface area contributed by atoms with E-state index in [4.69, 9.17) is 10.5 Å². The fraction of sp³-hybridized carbons (Fsp3) is 0.562. The highest BCUT2D eigenvalue weighted by Crippen LogP contribution is 2.39. The molecule has 3 nitrogen and oxygen atoms in total. The van der Waals surface area contributed by atoms with Crippen LogP contribution in [0.5, 0.6) is 0 Å². The summed E-state index contributed by atoms with van der Waals surface area (Å²) < 4.78 is 6.47. The molecule has 1 fully saturated rings. The van der Waals surface area contributed by atoms with E-state index in [1.165, 1.54) is 6.42 Å². The van der Waals surface area contributed by atoms with E-state index in [0.29, 0.717) is 17.2 Å². The molecule has 110 valence electrons. The number of ether oxygens (including phenoxy) is 1. The number of halogens is 1. The Labute approximate surface area is 129 Å². The average Bonchev–Trinajstić information content (AvgIpc) is 2.24. The van der Waals surface area contributed by atoms with Crippen LogP contribution in [-0.2, 0) is 4.74 Å². The lowest BCUT2D eigenvalue weighted by Crippen LogP contribution is -2.34. The van der Waals surface area contributed by atoms with Gasteiger partial charge in [0.15, 0.2) is 0 Å². The molecule has 2 unspecified atom stereocenters. The molecule has 1 aromatic carbocycles. The van der Waals surface area contributed by atoms with Crippen LogP contribution < -0.4 is 5.73 Å². The van der Waals surface area contributed by atoms with Gasteiger partial charge in [-0.2, -0.15) is 0 Å². The van der Waals surface area contributed by atoms with Crippen LogP contribution in [0.4, 0.5) is 5.69 Å². The monoisotopic (exact) mass is 339 g/mol. The van der Waals surface area contributed by atoms with Gasteiger partial charge in [0.2, 0.25) is 0 Å². The number of esters is 1. The number of rotatable bonds is 2. The zero-order valence-electron chi connectivity index (χ0n) is 12.3. The number of carbonyl (C=O) groups excluding carboxylic acids is 1. The lowest BCUT2D eigenvalue weighted by atomic mass is 9.71. The Morgan fingerprint density at radius 2 is 2.05 bits per heavy atom. The Morgan fingerprint density at radius 3 is 2.65 bits per heavy atom. The molecule has 1 aliphatic carbocycles. The Hall–Kier alpha value is -1.03. The molecule has 2 N–H and O–H groups in total. The molecule has 0 aromatic heterocycles. The van der Waals surface area contributed by atoms with Crippen molar-refractivity contribution in [2.75, 3.05) is 5.73 Å². The molecule has 20 heavy (non-hydrogen) atoms. The van der Waals surface area contributed by atoms with E-state index in [2.05, 4.69) is 36.7 Å². The summed E-state index contributed by atoms with van der Waals surface area (Å²) in [5.41, 5.74) is 7.06. The number of hydrogen-bond donors (Lipinski definition) is 1. The van der Waals surface area contributed by atoms with Gasteiger partial charge >= 0.3 is 5.97 Å². The molecule has 0 heterocycles. The normalized spacial score (nSPS) is 25.2. The topological polar surface area (TPSA) is 52.3 Å². The number of nitrogen functional groups attached to an aromatic ring is 1. The molecule has 0 aliphatic heterocycles.